The molecule has 0 saturated heterocycles. The Balaban J connectivity index is 2.05. The maximum Gasteiger partial charge on any atom is 0.251 e. The molecule has 0 aliphatic heterocycles. The van der Waals surface area contributed by atoms with Gasteiger partial charge in [-0.1, -0.05) is 25.7 Å². The maximum atomic E-state index is 12.2. The number of benzene rings is 1. The quantitative estimate of drug-likeness (QED) is 0.865. The van der Waals surface area contributed by atoms with Crippen molar-refractivity contribution in [2.24, 2.45) is 0 Å². The summed E-state index contributed by atoms with van der Waals surface area (Å²) in [5, 5.41) is 3.06. The van der Waals surface area contributed by atoms with Gasteiger partial charge < -0.3 is 5.32 Å². The lowest BCUT2D eigenvalue weighted by molar-refractivity contribution is 0.0933. The number of amides is 1. The van der Waals surface area contributed by atoms with Gasteiger partial charge in [0.15, 0.2) is 0 Å². The van der Waals surface area contributed by atoms with Crippen LogP contribution < -0.4 is 5.32 Å². The van der Waals surface area contributed by atoms with Crippen molar-refractivity contribution in [3.8, 4) is 0 Å². The summed E-state index contributed by atoms with van der Waals surface area (Å²) in [4.78, 5) is 12.4. The first-order chi connectivity index (χ1) is 10.4. The molecule has 1 aromatic rings. The number of carbonyl (C=O) groups is 1. The molecule has 0 unspecified atom stereocenters. The molecule has 22 heavy (non-hydrogen) atoms. The third kappa shape index (κ3) is 4.08. The molecule has 2 rings (SSSR count). The van der Waals surface area contributed by atoms with Crippen molar-refractivity contribution in [3.05, 3.63) is 29.8 Å². The Morgan fingerprint density at radius 3 is 2.09 bits per heavy atom. The fourth-order valence-electron chi connectivity index (χ4n) is 2.68. The van der Waals surface area contributed by atoms with E-state index in [1.165, 1.54) is 39.1 Å². The summed E-state index contributed by atoms with van der Waals surface area (Å²) in [7, 11) is -0.474. The summed E-state index contributed by atoms with van der Waals surface area (Å²) in [6.07, 6.45) is 6.85. The van der Waals surface area contributed by atoms with Crippen LogP contribution in [0.5, 0.6) is 0 Å². The minimum absolute atomic E-state index is 0.124. The molecule has 0 spiro atoms. The van der Waals surface area contributed by atoms with Gasteiger partial charge in [0.2, 0.25) is 10.0 Å². The number of rotatable bonds is 4. The molecule has 0 radical (unpaired) electrons. The van der Waals surface area contributed by atoms with Crippen LogP contribution in [0.15, 0.2) is 29.2 Å². The number of hydrogen-bond acceptors (Lipinski definition) is 3. The summed E-state index contributed by atoms with van der Waals surface area (Å²) in [5.74, 6) is -0.124. The molecule has 1 amide bonds. The first-order valence-electron chi connectivity index (χ1n) is 7.75. The van der Waals surface area contributed by atoms with Crippen LogP contribution in [0.3, 0.4) is 0 Å². The molecule has 0 heterocycles. The van der Waals surface area contributed by atoms with Crippen molar-refractivity contribution in [1.29, 1.82) is 0 Å². The Morgan fingerprint density at radius 1 is 1.05 bits per heavy atom. The molecule has 6 heteroatoms. The molecule has 1 N–H and O–H groups in total. The van der Waals surface area contributed by atoms with Gasteiger partial charge in [-0.2, -0.15) is 0 Å². The van der Waals surface area contributed by atoms with Crippen LogP contribution >= 0.6 is 0 Å². The molecule has 1 aliphatic rings. The minimum Gasteiger partial charge on any atom is -0.349 e. The number of sulfonamides is 1. The molecular formula is C16H24N2O3S. The lowest BCUT2D eigenvalue weighted by atomic mass is 10.1. The zero-order valence-corrected chi connectivity index (χ0v) is 14.0. The van der Waals surface area contributed by atoms with Crippen LogP contribution in [0.2, 0.25) is 0 Å². The minimum atomic E-state index is -3.45. The first kappa shape index (κ1) is 17.0. The average Bonchev–Trinajstić information content (AvgIpc) is 2.76. The highest BCUT2D eigenvalue weighted by atomic mass is 32.2. The zero-order chi connectivity index (χ0) is 16.2. The van der Waals surface area contributed by atoms with Crippen molar-refractivity contribution in [3.63, 3.8) is 0 Å². The number of nitrogens with one attached hydrogen (secondary N) is 1. The second-order valence-electron chi connectivity index (χ2n) is 5.97. The van der Waals surface area contributed by atoms with E-state index in [9.17, 15) is 13.2 Å². The van der Waals surface area contributed by atoms with E-state index >= 15 is 0 Å². The van der Waals surface area contributed by atoms with Crippen LogP contribution in [-0.2, 0) is 10.0 Å². The smallest absolute Gasteiger partial charge is 0.251 e. The highest BCUT2D eigenvalue weighted by Crippen LogP contribution is 2.18. The Bertz CT molecular complexity index is 601. The fraction of sp³-hybridized carbons (Fsp3) is 0.562. The molecule has 1 saturated carbocycles. The average molecular weight is 324 g/mol. The standard InChI is InChI=1S/C16H24N2O3S/c1-18(2)22(20,21)15-11-9-13(10-12-15)16(19)17-14-7-5-3-4-6-8-14/h9-12,14H,3-8H2,1-2H3,(H,17,19). The third-order valence-electron chi connectivity index (χ3n) is 4.09. The zero-order valence-electron chi connectivity index (χ0n) is 13.2. The van der Waals surface area contributed by atoms with Gasteiger partial charge in [-0.25, -0.2) is 12.7 Å². The number of hydrogen-bond donors (Lipinski definition) is 1. The summed E-state index contributed by atoms with van der Waals surface area (Å²) in [5.41, 5.74) is 0.502. The molecule has 1 aliphatic carbocycles. The Morgan fingerprint density at radius 2 is 1.59 bits per heavy atom. The van der Waals surface area contributed by atoms with Gasteiger partial charge >= 0.3 is 0 Å². The van der Waals surface area contributed by atoms with Crippen LogP contribution in [-0.4, -0.2) is 38.8 Å². The summed E-state index contributed by atoms with van der Waals surface area (Å²) < 4.78 is 25.1. The monoisotopic (exact) mass is 324 g/mol. The Labute approximate surface area is 132 Å². The molecule has 122 valence electrons. The number of nitrogens with zero attached hydrogens (tertiary/aromatic N) is 1. The summed E-state index contributed by atoms with van der Waals surface area (Å²) in [6.45, 7) is 0. The van der Waals surface area contributed by atoms with Gasteiger partial charge in [-0.15, -0.1) is 0 Å². The molecule has 1 aromatic carbocycles. The first-order valence-corrected chi connectivity index (χ1v) is 9.19. The van der Waals surface area contributed by atoms with Crippen LogP contribution in [0.4, 0.5) is 0 Å². The van der Waals surface area contributed by atoms with Crippen molar-refractivity contribution in [2.45, 2.75) is 49.5 Å². The van der Waals surface area contributed by atoms with E-state index in [1.54, 1.807) is 12.1 Å². The normalized spacial score (nSPS) is 17.2. The lowest BCUT2D eigenvalue weighted by Crippen LogP contribution is -2.34. The highest BCUT2D eigenvalue weighted by Gasteiger charge is 2.19. The molecule has 1 fully saturated rings. The third-order valence-corrected chi connectivity index (χ3v) is 5.91. The largest absolute Gasteiger partial charge is 0.349 e. The fourth-order valence-corrected chi connectivity index (χ4v) is 3.58. The SMILES string of the molecule is CN(C)S(=O)(=O)c1ccc(C(=O)NC2CCCCCC2)cc1. The van der Waals surface area contributed by atoms with E-state index in [1.807, 2.05) is 0 Å². The van der Waals surface area contributed by atoms with E-state index in [4.69, 9.17) is 0 Å². The topological polar surface area (TPSA) is 66.5 Å². The van der Waals surface area contributed by atoms with Gasteiger partial charge in [-0.05, 0) is 37.1 Å². The lowest BCUT2D eigenvalue weighted by Gasteiger charge is -2.16. The Kier molecular flexibility index (Phi) is 5.58. The molecule has 5 nitrogen and oxygen atoms in total. The van der Waals surface area contributed by atoms with Gasteiger partial charge in [0.05, 0.1) is 4.90 Å². The highest BCUT2D eigenvalue weighted by molar-refractivity contribution is 7.89. The van der Waals surface area contributed by atoms with E-state index in [2.05, 4.69) is 5.32 Å². The van der Waals surface area contributed by atoms with Crippen molar-refractivity contribution < 1.29 is 13.2 Å². The van der Waals surface area contributed by atoms with Gasteiger partial charge in [0.1, 0.15) is 0 Å². The predicted molar refractivity (Wildman–Crippen MR) is 86.3 cm³/mol. The molecular weight excluding hydrogens is 300 g/mol. The van der Waals surface area contributed by atoms with E-state index in [0.29, 0.717) is 5.56 Å². The second kappa shape index (κ2) is 7.24. The van der Waals surface area contributed by atoms with Gasteiger partial charge in [0.25, 0.3) is 5.91 Å². The second-order valence-corrected chi connectivity index (χ2v) is 8.13. The Hall–Kier alpha value is -1.40. The predicted octanol–water partition coefficient (Wildman–Crippen LogP) is 2.39. The van der Waals surface area contributed by atoms with E-state index in [0.717, 1.165) is 30.0 Å². The van der Waals surface area contributed by atoms with Crippen LogP contribution in [0.25, 0.3) is 0 Å². The van der Waals surface area contributed by atoms with Gasteiger partial charge in [-0.3, -0.25) is 4.79 Å². The van der Waals surface area contributed by atoms with Gasteiger partial charge in [0, 0.05) is 25.7 Å². The molecule has 0 atom stereocenters. The van der Waals surface area contributed by atoms with E-state index < -0.39 is 10.0 Å². The molecule has 0 bridgehead atoms. The van der Waals surface area contributed by atoms with Crippen LogP contribution in [0.1, 0.15) is 48.9 Å². The van der Waals surface area contributed by atoms with E-state index in [-0.39, 0.29) is 16.8 Å². The summed E-state index contributed by atoms with van der Waals surface area (Å²) in [6, 6.07) is 6.35. The van der Waals surface area contributed by atoms with Crippen molar-refractivity contribution in [1.82, 2.24) is 9.62 Å². The van der Waals surface area contributed by atoms with Crippen molar-refractivity contribution >= 4 is 15.9 Å². The molecule has 0 aromatic heterocycles. The van der Waals surface area contributed by atoms with Crippen LogP contribution in [0, 0.1) is 0 Å². The number of carbonyl (C=O) groups excluding carboxylic acids is 1. The maximum absolute atomic E-state index is 12.2. The summed E-state index contributed by atoms with van der Waals surface area (Å²) >= 11 is 0. The van der Waals surface area contributed by atoms with Crippen molar-refractivity contribution in [2.75, 3.05) is 14.1 Å².